The number of amides is 2. The van der Waals surface area contributed by atoms with E-state index in [9.17, 15) is 14.4 Å². The van der Waals surface area contributed by atoms with Gasteiger partial charge in [-0.05, 0) is 38.8 Å². The largest absolute Gasteiger partial charge is 0.342 e. The minimum atomic E-state index is -0.507. The molecule has 0 aliphatic carbocycles. The topological polar surface area (TPSA) is 65.9 Å². The fourth-order valence-electron chi connectivity index (χ4n) is 6.17. The molecular weight excluding hydrogens is 368 g/mol. The molecule has 7 heteroatoms. The third-order valence-electron chi connectivity index (χ3n) is 7.57. The molecule has 0 N–H and O–H groups in total. The Balaban J connectivity index is 1.52. The monoisotopic (exact) mass is 398 g/mol. The molecule has 1 aromatic heterocycles. The maximum absolute atomic E-state index is 13.9. The molecule has 156 valence electrons. The molecule has 2 amide bonds. The summed E-state index contributed by atoms with van der Waals surface area (Å²) in [6.07, 6.45) is 3.20. The van der Waals surface area contributed by atoms with Crippen LogP contribution in [-0.2, 0) is 9.59 Å². The lowest BCUT2D eigenvalue weighted by Gasteiger charge is -2.49. The van der Waals surface area contributed by atoms with E-state index >= 15 is 0 Å². The number of carbonyl (C=O) groups is 2. The average Bonchev–Trinajstić information content (AvgIpc) is 3.15. The molecule has 0 radical (unpaired) electrons. The third kappa shape index (κ3) is 3.01. The van der Waals surface area contributed by atoms with E-state index in [0.29, 0.717) is 19.1 Å². The lowest BCUT2D eigenvalue weighted by atomic mass is 9.77. The zero-order valence-electron chi connectivity index (χ0n) is 17.3. The van der Waals surface area contributed by atoms with Gasteiger partial charge >= 0.3 is 0 Å². The number of piperazine rings is 1. The van der Waals surface area contributed by atoms with Gasteiger partial charge in [0, 0.05) is 68.8 Å². The Kier molecular flexibility index (Phi) is 4.53. The molecule has 0 aromatic carbocycles. The van der Waals surface area contributed by atoms with Gasteiger partial charge in [-0.2, -0.15) is 0 Å². The Morgan fingerprint density at radius 1 is 1.10 bits per heavy atom. The Morgan fingerprint density at radius 2 is 1.93 bits per heavy atom. The van der Waals surface area contributed by atoms with Gasteiger partial charge in [-0.15, -0.1) is 0 Å². The highest BCUT2D eigenvalue weighted by Crippen LogP contribution is 2.42. The van der Waals surface area contributed by atoms with Gasteiger partial charge < -0.3 is 9.80 Å². The number of nitrogens with zero attached hydrogens (tertiary/aromatic N) is 4. The molecular formula is C22H30N4O3. The smallest absolute Gasteiger partial charge is 0.251 e. The van der Waals surface area contributed by atoms with Crippen molar-refractivity contribution in [3.8, 4) is 0 Å². The highest BCUT2D eigenvalue weighted by atomic mass is 16.2. The summed E-state index contributed by atoms with van der Waals surface area (Å²) in [7, 11) is 0. The summed E-state index contributed by atoms with van der Waals surface area (Å²) in [5.74, 6) is 0.226. The Labute approximate surface area is 171 Å². The number of pyridine rings is 1. The van der Waals surface area contributed by atoms with Crippen molar-refractivity contribution < 1.29 is 9.59 Å². The normalized spacial score (nSPS) is 33.9. The van der Waals surface area contributed by atoms with Crippen molar-refractivity contribution in [3.05, 3.63) is 34.2 Å². The average molecular weight is 399 g/mol. The summed E-state index contributed by atoms with van der Waals surface area (Å²) >= 11 is 0. The second-order valence-electron chi connectivity index (χ2n) is 9.35. The fraction of sp³-hybridized carbons (Fsp3) is 0.682. The van der Waals surface area contributed by atoms with E-state index in [4.69, 9.17) is 0 Å². The van der Waals surface area contributed by atoms with E-state index in [2.05, 4.69) is 11.8 Å². The van der Waals surface area contributed by atoms with Crippen molar-refractivity contribution in [2.24, 2.45) is 5.92 Å². The third-order valence-corrected chi connectivity index (χ3v) is 7.57. The first-order chi connectivity index (χ1) is 13.9. The molecule has 1 aromatic rings. The SMILES string of the molecule is CC(=O)N1C[C@H]2C[C@@H](C1)[C@H](C(=O)N1C[C@H]3CCCN3C[C@H]1C)n1c2cccc1=O. The van der Waals surface area contributed by atoms with Crippen LogP contribution in [0.5, 0.6) is 0 Å². The van der Waals surface area contributed by atoms with Crippen LogP contribution in [0.25, 0.3) is 0 Å². The maximum Gasteiger partial charge on any atom is 0.251 e. The lowest BCUT2D eigenvalue weighted by Crippen LogP contribution is -2.61. The number of piperidine rings is 1. The number of fused-ring (bicyclic) bond motifs is 5. The lowest BCUT2D eigenvalue weighted by molar-refractivity contribution is -0.146. The molecule has 0 saturated carbocycles. The van der Waals surface area contributed by atoms with Crippen molar-refractivity contribution in [2.45, 2.75) is 57.2 Å². The van der Waals surface area contributed by atoms with Gasteiger partial charge in [0.05, 0.1) is 0 Å². The fourth-order valence-corrected chi connectivity index (χ4v) is 6.17. The van der Waals surface area contributed by atoms with Crippen LogP contribution >= 0.6 is 0 Å². The molecule has 3 saturated heterocycles. The van der Waals surface area contributed by atoms with Crippen molar-refractivity contribution in [1.29, 1.82) is 0 Å². The predicted octanol–water partition coefficient (Wildman–Crippen LogP) is 1.05. The number of rotatable bonds is 1. The number of hydrogen-bond donors (Lipinski definition) is 0. The van der Waals surface area contributed by atoms with Gasteiger partial charge in [-0.1, -0.05) is 6.07 Å². The van der Waals surface area contributed by atoms with Crippen molar-refractivity contribution in [2.75, 3.05) is 32.7 Å². The summed E-state index contributed by atoms with van der Waals surface area (Å²) in [5, 5.41) is 0. The Hall–Kier alpha value is -2.15. The molecule has 5 atom stereocenters. The predicted molar refractivity (Wildman–Crippen MR) is 109 cm³/mol. The van der Waals surface area contributed by atoms with Gasteiger partial charge in [0.15, 0.2) is 0 Å². The highest BCUT2D eigenvalue weighted by Gasteiger charge is 2.47. The molecule has 5 rings (SSSR count). The molecule has 0 unspecified atom stereocenters. The minimum Gasteiger partial charge on any atom is -0.342 e. The Bertz CT molecular complexity index is 896. The van der Waals surface area contributed by atoms with Crippen LogP contribution in [0.4, 0.5) is 0 Å². The van der Waals surface area contributed by atoms with Gasteiger partial charge in [0.2, 0.25) is 11.8 Å². The summed E-state index contributed by atoms with van der Waals surface area (Å²) in [5.41, 5.74) is 0.809. The van der Waals surface area contributed by atoms with Crippen LogP contribution in [0.2, 0.25) is 0 Å². The number of aromatic nitrogens is 1. The number of carbonyl (C=O) groups excluding carboxylic acids is 2. The van der Waals surface area contributed by atoms with E-state index in [1.807, 2.05) is 15.9 Å². The zero-order valence-corrected chi connectivity index (χ0v) is 17.3. The number of likely N-dealkylation sites (tertiary alicyclic amines) is 1. The van der Waals surface area contributed by atoms with Crippen LogP contribution < -0.4 is 5.56 Å². The summed E-state index contributed by atoms with van der Waals surface area (Å²) in [6, 6.07) is 5.38. The molecule has 4 aliphatic rings. The first-order valence-corrected chi connectivity index (χ1v) is 11.0. The van der Waals surface area contributed by atoms with E-state index in [1.54, 1.807) is 23.6 Å². The van der Waals surface area contributed by atoms with Gasteiger partial charge in [0.25, 0.3) is 5.56 Å². The molecule has 29 heavy (non-hydrogen) atoms. The van der Waals surface area contributed by atoms with Gasteiger partial charge in [-0.25, -0.2) is 0 Å². The second-order valence-corrected chi connectivity index (χ2v) is 9.35. The Morgan fingerprint density at radius 3 is 2.72 bits per heavy atom. The van der Waals surface area contributed by atoms with Crippen LogP contribution in [0.1, 0.15) is 50.8 Å². The summed E-state index contributed by atoms with van der Waals surface area (Å²) in [4.78, 5) is 45.3. The quantitative estimate of drug-likeness (QED) is 0.709. The van der Waals surface area contributed by atoms with Crippen LogP contribution in [0.3, 0.4) is 0 Å². The molecule has 0 spiro atoms. The summed E-state index contributed by atoms with van der Waals surface area (Å²) in [6.45, 7) is 7.69. The standard InChI is InChI=1S/C22H30N4O3/c1-14-10-23-8-4-5-18(23)13-25(14)22(29)21-17-9-16(11-24(12-17)15(2)27)19-6-3-7-20(28)26(19)21/h3,6-7,14,16-18,21H,4-5,8-13H2,1-2H3/t14-,16-,17+,18-,21-/m1/s1. The van der Waals surface area contributed by atoms with Crippen molar-refractivity contribution in [3.63, 3.8) is 0 Å². The van der Waals surface area contributed by atoms with E-state index in [-0.39, 0.29) is 35.3 Å². The molecule has 4 aliphatic heterocycles. The number of hydrogen-bond acceptors (Lipinski definition) is 4. The van der Waals surface area contributed by atoms with E-state index in [0.717, 1.165) is 38.2 Å². The van der Waals surface area contributed by atoms with Crippen LogP contribution in [-0.4, -0.2) is 75.9 Å². The van der Waals surface area contributed by atoms with Crippen molar-refractivity contribution >= 4 is 11.8 Å². The summed E-state index contributed by atoms with van der Waals surface area (Å²) < 4.78 is 1.76. The highest BCUT2D eigenvalue weighted by molar-refractivity contribution is 5.82. The molecule has 7 nitrogen and oxygen atoms in total. The van der Waals surface area contributed by atoms with Crippen LogP contribution in [0.15, 0.2) is 23.0 Å². The molecule has 2 bridgehead atoms. The molecule has 3 fully saturated rings. The minimum absolute atomic E-state index is 0.00782. The van der Waals surface area contributed by atoms with Gasteiger partial charge in [0.1, 0.15) is 6.04 Å². The van der Waals surface area contributed by atoms with Crippen molar-refractivity contribution in [1.82, 2.24) is 19.3 Å². The first kappa shape index (κ1) is 18.9. The maximum atomic E-state index is 13.9. The van der Waals surface area contributed by atoms with E-state index in [1.165, 1.54) is 6.42 Å². The second kappa shape index (κ2) is 6.97. The van der Waals surface area contributed by atoms with E-state index < -0.39 is 6.04 Å². The van der Waals surface area contributed by atoms with Gasteiger partial charge in [-0.3, -0.25) is 23.9 Å². The molecule has 5 heterocycles. The zero-order chi connectivity index (χ0) is 20.3. The van der Waals surface area contributed by atoms with Crippen LogP contribution in [0, 0.1) is 5.92 Å². The first-order valence-electron chi connectivity index (χ1n) is 11.0.